The van der Waals surface area contributed by atoms with Crippen molar-refractivity contribution < 1.29 is 22.4 Å². The van der Waals surface area contributed by atoms with Gasteiger partial charge < -0.3 is 4.90 Å². The Bertz CT molecular complexity index is 745. The minimum absolute atomic E-state index is 0.316. The molecule has 3 rings (SSSR count). The van der Waals surface area contributed by atoms with Gasteiger partial charge >= 0.3 is 6.18 Å². The number of hydrogen-bond donors (Lipinski definition) is 0. The van der Waals surface area contributed by atoms with E-state index in [2.05, 4.69) is 0 Å². The molecule has 2 nitrogen and oxygen atoms in total. The van der Waals surface area contributed by atoms with E-state index in [0.717, 1.165) is 12.1 Å². The summed E-state index contributed by atoms with van der Waals surface area (Å²) >= 11 is 1.41. The number of thioether (sulfide) groups is 1. The fraction of sp³-hybridized carbons (Fsp3) is 0.235. The van der Waals surface area contributed by atoms with Crippen LogP contribution in [-0.2, 0) is 6.18 Å². The highest BCUT2D eigenvalue weighted by molar-refractivity contribution is 7.99. The van der Waals surface area contributed by atoms with Gasteiger partial charge in [0, 0.05) is 17.9 Å². The quantitative estimate of drug-likeness (QED) is 0.726. The van der Waals surface area contributed by atoms with Gasteiger partial charge in [0.05, 0.1) is 5.56 Å². The molecule has 0 N–H and O–H groups in total. The first-order chi connectivity index (χ1) is 11.4. The predicted molar refractivity (Wildman–Crippen MR) is 84.1 cm³/mol. The van der Waals surface area contributed by atoms with E-state index in [0.29, 0.717) is 23.4 Å². The van der Waals surface area contributed by atoms with Crippen LogP contribution in [0, 0.1) is 5.82 Å². The standard InChI is InChI=1S/C17H13F4NOS/c18-14-6-4-11(5-7-14)15(23)22-8-9-24-16(22)12-2-1-3-13(10-12)17(19,20)21/h1-7,10,16H,8-9H2. The summed E-state index contributed by atoms with van der Waals surface area (Å²) in [6.07, 6.45) is -4.43. The Morgan fingerprint density at radius 2 is 1.83 bits per heavy atom. The lowest BCUT2D eigenvalue weighted by Gasteiger charge is -2.25. The lowest BCUT2D eigenvalue weighted by atomic mass is 10.1. The van der Waals surface area contributed by atoms with Gasteiger partial charge in [0.15, 0.2) is 0 Å². The second-order valence-corrected chi connectivity index (χ2v) is 6.54. The maximum atomic E-state index is 13.0. The summed E-state index contributed by atoms with van der Waals surface area (Å²) in [7, 11) is 0. The topological polar surface area (TPSA) is 20.3 Å². The molecule has 1 amide bonds. The van der Waals surface area contributed by atoms with Crippen LogP contribution in [0.1, 0.15) is 26.9 Å². The Morgan fingerprint density at radius 1 is 1.12 bits per heavy atom. The van der Waals surface area contributed by atoms with Crippen LogP contribution < -0.4 is 0 Å². The molecule has 1 aliphatic rings. The predicted octanol–water partition coefficient (Wildman–Crippen LogP) is 4.73. The summed E-state index contributed by atoms with van der Waals surface area (Å²) in [5, 5.41) is -0.482. The average molecular weight is 355 g/mol. The lowest BCUT2D eigenvalue weighted by molar-refractivity contribution is -0.137. The molecule has 1 saturated heterocycles. The van der Waals surface area contributed by atoms with Gasteiger partial charge in [0.1, 0.15) is 11.2 Å². The van der Waals surface area contributed by atoms with Crippen LogP contribution in [0.4, 0.5) is 17.6 Å². The van der Waals surface area contributed by atoms with Crippen molar-refractivity contribution in [2.24, 2.45) is 0 Å². The molecule has 0 aliphatic carbocycles. The van der Waals surface area contributed by atoms with Crippen molar-refractivity contribution >= 4 is 17.7 Å². The molecule has 1 unspecified atom stereocenters. The van der Waals surface area contributed by atoms with Crippen molar-refractivity contribution in [3.8, 4) is 0 Å². The first-order valence-electron chi connectivity index (χ1n) is 7.21. The molecule has 1 heterocycles. The molecule has 2 aromatic carbocycles. The molecular formula is C17H13F4NOS. The van der Waals surface area contributed by atoms with Crippen molar-refractivity contribution in [3.05, 3.63) is 71.0 Å². The van der Waals surface area contributed by atoms with Gasteiger partial charge in [-0.1, -0.05) is 12.1 Å². The number of halogens is 4. The van der Waals surface area contributed by atoms with E-state index < -0.39 is 22.9 Å². The van der Waals surface area contributed by atoms with Crippen molar-refractivity contribution in [2.45, 2.75) is 11.6 Å². The van der Waals surface area contributed by atoms with E-state index in [1.54, 1.807) is 6.07 Å². The summed E-state index contributed by atoms with van der Waals surface area (Å²) in [4.78, 5) is 14.1. The summed E-state index contributed by atoms with van der Waals surface area (Å²) in [6.45, 7) is 0.432. The smallest absolute Gasteiger partial charge is 0.322 e. The zero-order valence-corrected chi connectivity index (χ0v) is 13.2. The summed E-state index contributed by atoms with van der Waals surface area (Å²) < 4.78 is 51.7. The van der Waals surface area contributed by atoms with E-state index in [1.165, 1.54) is 47.0 Å². The Hall–Kier alpha value is -2.02. The van der Waals surface area contributed by atoms with E-state index in [9.17, 15) is 22.4 Å². The molecule has 0 aromatic heterocycles. The zero-order valence-electron chi connectivity index (χ0n) is 12.4. The minimum atomic E-state index is -4.43. The van der Waals surface area contributed by atoms with Crippen LogP contribution in [0.5, 0.6) is 0 Å². The SMILES string of the molecule is O=C(c1ccc(F)cc1)N1CCSC1c1cccc(C(F)(F)F)c1. The highest BCUT2D eigenvalue weighted by atomic mass is 32.2. The highest BCUT2D eigenvalue weighted by Crippen LogP contribution is 2.40. The third kappa shape index (κ3) is 3.40. The summed E-state index contributed by atoms with van der Waals surface area (Å²) in [5.74, 6) is -0.132. The maximum Gasteiger partial charge on any atom is 0.416 e. The molecule has 0 radical (unpaired) electrons. The van der Waals surface area contributed by atoms with Crippen molar-refractivity contribution in [1.82, 2.24) is 4.90 Å². The lowest BCUT2D eigenvalue weighted by Crippen LogP contribution is -2.30. The van der Waals surface area contributed by atoms with Crippen molar-refractivity contribution in [1.29, 1.82) is 0 Å². The van der Waals surface area contributed by atoms with Crippen molar-refractivity contribution in [2.75, 3.05) is 12.3 Å². The molecule has 24 heavy (non-hydrogen) atoms. The van der Waals surface area contributed by atoms with Crippen LogP contribution >= 0.6 is 11.8 Å². The molecule has 126 valence electrons. The fourth-order valence-corrected chi connectivity index (χ4v) is 3.83. The molecule has 7 heteroatoms. The van der Waals surface area contributed by atoms with E-state index >= 15 is 0 Å². The monoisotopic (exact) mass is 355 g/mol. The number of carbonyl (C=O) groups excluding carboxylic acids is 1. The molecule has 1 atom stereocenters. The molecule has 1 fully saturated rings. The van der Waals surface area contributed by atoms with Crippen LogP contribution in [0.25, 0.3) is 0 Å². The van der Waals surface area contributed by atoms with Gasteiger partial charge in [0.25, 0.3) is 5.91 Å². The third-order valence-electron chi connectivity index (χ3n) is 3.74. The molecule has 0 spiro atoms. The van der Waals surface area contributed by atoms with Crippen molar-refractivity contribution in [3.63, 3.8) is 0 Å². The molecule has 0 saturated carbocycles. The molecule has 2 aromatic rings. The summed E-state index contributed by atoms with van der Waals surface area (Å²) in [5.41, 5.74) is 0.0142. The number of carbonyl (C=O) groups is 1. The number of benzene rings is 2. The van der Waals surface area contributed by atoms with Crippen LogP contribution in [-0.4, -0.2) is 23.1 Å². The molecular weight excluding hydrogens is 342 g/mol. The van der Waals surface area contributed by atoms with Gasteiger partial charge in [-0.25, -0.2) is 4.39 Å². The number of nitrogens with zero attached hydrogens (tertiary/aromatic N) is 1. The van der Waals surface area contributed by atoms with E-state index in [-0.39, 0.29) is 5.91 Å². The minimum Gasteiger partial charge on any atom is -0.322 e. The van der Waals surface area contributed by atoms with Gasteiger partial charge in [-0.2, -0.15) is 13.2 Å². The number of alkyl halides is 3. The van der Waals surface area contributed by atoms with Gasteiger partial charge in [-0.3, -0.25) is 4.79 Å². The fourth-order valence-electron chi connectivity index (χ4n) is 2.58. The van der Waals surface area contributed by atoms with Gasteiger partial charge in [-0.15, -0.1) is 11.8 Å². The van der Waals surface area contributed by atoms with Gasteiger partial charge in [-0.05, 0) is 42.0 Å². The largest absolute Gasteiger partial charge is 0.416 e. The Kier molecular flexibility index (Phi) is 4.54. The molecule has 1 aliphatic heterocycles. The van der Waals surface area contributed by atoms with Crippen LogP contribution in [0.3, 0.4) is 0 Å². The van der Waals surface area contributed by atoms with Gasteiger partial charge in [0.2, 0.25) is 0 Å². The third-order valence-corrected chi connectivity index (χ3v) is 5.00. The van der Waals surface area contributed by atoms with E-state index in [4.69, 9.17) is 0 Å². The summed E-state index contributed by atoms with van der Waals surface area (Å²) in [6, 6.07) is 10.2. The Balaban J connectivity index is 1.88. The Labute approximate surface area is 140 Å². The first-order valence-corrected chi connectivity index (χ1v) is 8.26. The number of amides is 1. The Morgan fingerprint density at radius 3 is 2.50 bits per heavy atom. The second-order valence-electron chi connectivity index (χ2n) is 5.35. The van der Waals surface area contributed by atoms with Crippen LogP contribution in [0.15, 0.2) is 48.5 Å². The zero-order chi connectivity index (χ0) is 17.3. The second kappa shape index (κ2) is 6.47. The first kappa shape index (κ1) is 16.8. The van der Waals surface area contributed by atoms with Crippen LogP contribution in [0.2, 0.25) is 0 Å². The van der Waals surface area contributed by atoms with E-state index in [1.807, 2.05) is 0 Å². The number of rotatable bonds is 2. The average Bonchev–Trinajstić information content (AvgIpc) is 3.04. The highest BCUT2D eigenvalue weighted by Gasteiger charge is 2.34. The molecule has 0 bridgehead atoms. The number of hydrogen-bond acceptors (Lipinski definition) is 2. The maximum absolute atomic E-state index is 13.0. The normalized spacial score (nSPS) is 18.0.